The van der Waals surface area contributed by atoms with Crippen molar-refractivity contribution in [3.8, 4) is 0 Å². The second-order valence-corrected chi connectivity index (χ2v) is 3.86. The second kappa shape index (κ2) is 3.73. The Morgan fingerprint density at radius 3 is 2.83 bits per heavy atom. The van der Waals surface area contributed by atoms with Crippen LogP contribution in [0.2, 0.25) is 0 Å². The van der Waals surface area contributed by atoms with Crippen LogP contribution in [-0.2, 0) is 4.74 Å². The lowest BCUT2D eigenvalue weighted by Gasteiger charge is -2.41. The summed E-state index contributed by atoms with van der Waals surface area (Å²) in [5, 5.41) is 13.0. The molecule has 0 aliphatic carbocycles. The van der Waals surface area contributed by atoms with Crippen LogP contribution >= 0.6 is 0 Å². The van der Waals surface area contributed by atoms with Crippen molar-refractivity contribution >= 4 is 0 Å². The molecule has 0 aromatic heterocycles. The first-order chi connectivity index (χ1) is 5.58. The summed E-state index contributed by atoms with van der Waals surface area (Å²) >= 11 is 0. The highest BCUT2D eigenvalue weighted by Crippen LogP contribution is 2.21. The fraction of sp³-hybridized carbons (Fsp3) is 1.00. The van der Waals surface area contributed by atoms with E-state index in [1.807, 2.05) is 20.8 Å². The molecule has 0 spiro atoms. The van der Waals surface area contributed by atoms with Gasteiger partial charge in [0.2, 0.25) is 0 Å². The van der Waals surface area contributed by atoms with Gasteiger partial charge in [-0.25, -0.2) is 0 Å². The van der Waals surface area contributed by atoms with Crippen molar-refractivity contribution in [1.82, 2.24) is 5.32 Å². The Hall–Kier alpha value is -0.120. The van der Waals surface area contributed by atoms with E-state index in [-0.39, 0.29) is 17.7 Å². The average Bonchev–Trinajstić information content (AvgIpc) is 2.02. The molecule has 2 atom stereocenters. The Morgan fingerprint density at radius 2 is 2.33 bits per heavy atom. The molecule has 1 aliphatic heterocycles. The molecular formula is C9H19NO2. The maximum Gasteiger partial charge on any atom is 0.0804 e. The molecule has 0 aromatic rings. The van der Waals surface area contributed by atoms with Crippen LogP contribution in [0.25, 0.3) is 0 Å². The number of nitrogens with one attached hydrogen (secondary N) is 1. The van der Waals surface area contributed by atoms with Crippen LogP contribution in [0.15, 0.2) is 0 Å². The zero-order chi connectivity index (χ0) is 9.19. The highest BCUT2D eigenvalue weighted by molar-refractivity contribution is 4.93. The lowest BCUT2D eigenvalue weighted by molar-refractivity contribution is -0.102. The Labute approximate surface area is 74.1 Å². The normalized spacial score (nSPS) is 31.5. The number of hydrogen-bond acceptors (Lipinski definition) is 3. The molecule has 1 fully saturated rings. The minimum atomic E-state index is -0.305. The molecule has 1 saturated heterocycles. The molecule has 0 saturated carbocycles. The van der Waals surface area contributed by atoms with E-state index >= 15 is 0 Å². The Kier molecular flexibility index (Phi) is 3.09. The molecule has 2 N–H and O–H groups in total. The smallest absolute Gasteiger partial charge is 0.0804 e. The molecule has 2 unspecified atom stereocenters. The van der Waals surface area contributed by atoms with Gasteiger partial charge in [0.05, 0.1) is 24.4 Å². The molecule has 3 nitrogen and oxygen atoms in total. The third-order valence-corrected chi connectivity index (χ3v) is 2.49. The van der Waals surface area contributed by atoms with Gasteiger partial charge in [0, 0.05) is 6.54 Å². The van der Waals surface area contributed by atoms with Crippen molar-refractivity contribution in [3.63, 3.8) is 0 Å². The minimum Gasteiger partial charge on any atom is -0.391 e. The van der Waals surface area contributed by atoms with E-state index in [0.717, 1.165) is 19.6 Å². The van der Waals surface area contributed by atoms with Gasteiger partial charge in [-0.15, -0.1) is 0 Å². The van der Waals surface area contributed by atoms with Gasteiger partial charge in [-0.05, 0) is 20.3 Å². The van der Waals surface area contributed by atoms with Gasteiger partial charge in [-0.1, -0.05) is 6.92 Å². The zero-order valence-corrected chi connectivity index (χ0v) is 8.13. The van der Waals surface area contributed by atoms with Gasteiger partial charge in [0.25, 0.3) is 0 Å². The molecule has 1 aliphatic rings. The molecule has 0 bridgehead atoms. The van der Waals surface area contributed by atoms with E-state index in [9.17, 15) is 5.11 Å². The monoisotopic (exact) mass is 173 g/mol. The fourth-order valence-electron chi connectivity index (χ4n) is 1.70. The Balaban J connectivity index is 2.59. The van der Waals surface area contributed by atoms with Crippen LogP contribution in [0.4, 0.5) is 0 Å². The largest absolute Gasteiger partial charge is 0.391 e. The van der Waals surface area contributed by atoms with Crippen LogP contribution in [0.5, 0.6) is 0 Å². The standard InChI is InChI=1S/C9H19NO2/c1-4-7(11)8-9(2,3)12-6-5-10-8/h7-8,10-11H,4-6H2,1-3H3. The summed E-state index contributed by atoms with van der Waals surface area (Å²) in [7, 11) is 0. The molecule has 72 valence electrons. The zero-order valence-electron chi connectivity index (χ0n) is 8.13. The number of morpholine rings is 1. The molecule has 12 heavy (non-hydrogen) atoms. The molecule has 0 aromatic carbocycles. The van der Waals surface area contributed by atoms with E-state index in [0.29, 0.717) is 0 Å². The van der Waals surface area contributed by atoms with Gasteiger partial charge < -0.3 is 15.2 Å². The van der Waals surface area contributed by atoms with Gasteiger partial charge in [0.15, 0.2) is 0 Å². The van der Waals surface area contributed by atoms with Crippen LogP contribution in [0, 0.1) is 0 Å². The van der Waals surface area contributed by atoms with E-state index in [4.69, 9.17) is 4.74 Å². The number of aliphatic hydroxyl groups is 1. The van der Waals surface area contributed by atoms with Crippen molar-refractivity contribution in [2.24, 2.45) is 0 Å². The van der Waals surface area contributed by atoms with Crippen LogP contribution in [0.3, 0.4) is 0 Å². The third-order valence-electron chi connectivity index (χ3n) is 2.49. The van der Waals surface area contributed by atoms with Crippen molar-refractivity contribution in [2.45, 2.75) is 44.9 Å². The van der Waals surface area contributed by atoms with Crippen LogP contribution in [0.1, 0.15) is 27.2 Å². The quantitative estimate of drug-likeness (QED) is 0.640. The van der Waals surface area contributed by atoms with Gasteiger partial charge in [-0.3, -0.25) is 0 Å². The van der Waals surface area contributed by atoms with Crippen LogP contribution < -0.4 is 5.32 Å². The lowest BCUT2D eigenvalue weighted by Crippen LogP contribution is -2.59. The molecule has 3 heteroatoms. The predicted molar refractivity (Wildman–Crippen MR) is 48.1 cm³/mol. The highest BCUT2D eigenvalue weighted by Gasteiger charge is 2.37. The summed E-state index contributed by atoms with van der Waals surface area (Å²) in [6.45, 7) is 7.59. The van der Waals surface area contributed by atoms with Gasteiger partial charge in [-0.2, -0.15) is 0 Å². The lowest BCUT2D eigenvalue weighted by atomic mass is 9.91. The summed E-state index contributed by atoms with van der Waals surface area (Å²) in [6, 6.07) is 0.0660. The van der Waals surface area contributed by atoms with E-state index < -0.39 is 0 Å². The van der Waals surface area contributed by atoms with Crippen molar-refractivity contribution < 1.29 is 9.84 Å². The predicted octanol–water partition coefficient (Wildman–Crippen LogP) is 0.524. The first-order valence-electron chi connectivity index (χ1n) is 4.63. The van der Waals surface area contributed by atoms with Crippen molar-refractivity contribution in [2.75, 3.05) is 13.2 Å². The molecule has 1 heterocycles. The number of rotatable bonds is 2. The topological polar surface area (TPSA) is 41.5 Å². The van der Waals surface area contributed by atoms with E-state index in [1.165, 1.54) is 0 Å². The summed E-state index contributed by atoms with van der Waals surface area (Å²) in [5.74, 6) is 0. The fourth-order valence-corrected chi connectivity index (χ4v) is 1.70. The maximum atomic E-state index is 9.68. The molecule has 0 amide bonds. The van der Waals surface area contributed by atoms with Crippen molar-refractivity contribution in [3.05, 3.63) is 0 Å². The number of ether oxygens (including phenoxy) is 1. The summed E-state index contributed by atoms with van der Waals surface area (Å²) in [5.41, 5.74) is -0.242. The average molecular weight is 173 g/mol. The minimum absolute atomic E-state index is 0.0660. The molecule has 1 rings (SSSR count). The summed E-state index contributed by atoms with van der Waals surface area (Å²) < 4.78 is 5.58. The second-order valence-electron chi connectivity index (χ2n) is 3.86. The summed E-state index contributed by atoms with van der Waals surface area (Å²) in [4.78, 5) is 0. The van der Waals surface area contributed by atoms with Crippen LogP contribution in [-0.4, -0.2) is 36.0 Å². The maximum absolute atomic E-state index is 9.68. The van der Waals surface area contributed by atoms with Crippen molar-refractivity contribution in [1.29, 1.82) is 0 Å². The number of hydrogen-bond donors (Lipinski definition) is 2. The SMILES string of the molecule is CCC(O)C1NCCOC1(C)C. The molecular weight excluding hydrogens is 154 g/mol. The van der Waals surface area contributed by atoms with E-state index in [1.54, 1.807) is 0 Å². The summed E-state index contributed by atoms with van der Waals surface area (Å²) in [6.07, 6.45) is 0.463. The third kappa shape index (κ3) is 1.97. The first kappa shape index (κ1) is 9.96. The van der Waals surface area contributed by atoms with Gasteiger partial charge >= 0.3 is 0 Å². The Morgan fingerprint density at radius 1 is 1.67 bits per heavy atom. The first-order valence-corrected chi connectivity index (χ1v) is 4.63. The van der Waals surface area contributed by atoms with Gasteiger partial charge in [0.1, 0.15) is 0 Å². The van der Waals surface area contributed by atoms with E-state index in [2.05, 4.69) is 5.32 Å². The molecule has 0 radical (unpaired) electrons. The Bertz CT molecular complexity index is 147. The highest BCUT2D eigenvalue weighted by atomic mass is 16.5. The number of aliphatic hydroxyl groups excluding tert-OH is 1.